The van der Waals surface area contributed by atoms with Crippen molar-refractivity contribution >= 4 is 5.82 Å². The van der Waals surface area contributed by atoms with Gasteiger partial charge in [-0.05, 0) is 18.2 Å². The SMILES string of the molecule is NO/C=C\Cc1cc(-c2nc(N)cc(C(F)(F)F)n2)nn1Cc1ccccc1F. The molecule has 0 saturated heterocycles. The number of rotatable bonds is 6. The minimum Gasteiger partial charge on any atom is -0.420 e. The Morgan fingerprint density at radius 2 is 1.90 bits per heavy atom. The van der Waals surface area contributed by atoms with Gasteiger partial charge in [0, 0.05) is 23.7 Å². The van der Waals surface area contributed by atoms with Gasteiger partial charge in [-0.15, -0.1) is 0 Å². The van der Waals surface area contributed by atoms with Gasteiger partial charge < -0.3 is 10.6 Å². The second kappa shape index (κ2) is 8.27. The summed E-state index contributed by atoms with van der Waals surface area (Å²) in [5, 5.41) is 4.26. The molecule has 29 heavy (non-hydrogen) atoms. The molecule has 3 aromatic rings. The third-order valence-electron chi connectivity index (χ3n) is 3.91. The summed E-state index contributed by atoms with van der Waals surface area (Å²) in [5.41, 5.74) is 5.30. The second-order valence-corrected chi connectivity index (χ2v) is 5.98. The highest BCUT2D eigenvalue weighted by Gasteiger charge is 2.34. The fourth-order valence-corrected chi connectivity index (χ4v) is 2.60. The van der Waals surface area contributed by atoms with Crippen LogP contribution < -0.4 is 11.6 Å². The Labute approximate surface area is 162 Å². The molecule has 0 spiro atoms. The number of halogens is 4. The fourth-order valence-electron chi connectivity index (χ4n) is 2.60. The van der Waals surface area contributed by atoms with E-state index in [-0.39, 0.29) is 30.3 Å². The van der Waals surface area contributed by atoms with Crippen molar-refractivity contribution < 1.29 is 22.4 Å². The monoisotopic (exact) mass is 408 g/mol. The number of nitrogens with zero attached hydrogens (tertiary/aromatic N) is 4. The minimum atomic E-state index is -4.69. The number of allylic oxidation sites excluding steroid dienone is 1. The second-order valence-electron chi connectivity index (χ2n) is 5.98. The van der Waals surface area contributed by atoms with Crippen LogP contribution in [0, 0.1) is 5.82 Å². The van der Waals surface area contributed by atoms with E-state index in [1.807, 2.05) is 0 Å². The van der Waals surface area contributed by atoms with Gasteiger partial charge in [0.05, 0.1) is 6.54 Å². The first-order valence-electron chi connectivity index (χ1n) is 8.30. The van der Waals surface area contributed by atoms with E-state index in [9.17, 15) is 17.6 Å². The number of aromatic nitrogens is 4. The van der Waals surface area contributed by atoms with Gasteiger partial charge in [-0.3, -0.25) is 4.68 Å². The Hall–Kier alpha value is -3.47. The quantitative estimate of drug-likeness (QED) is 0.369. The summed E-state index contributed by atoms with van der Waals surface area (Å²) < 4.78 is 54.6. The van der Waals surface area contributed by atoms with E-state index < -0.39 is 17.7 Å². The Morgan fingerprint density at radius 3 is 2.59 bits per heavy atom. The molecule has 11 heteroatoms. The topological polar surface area (TPSA) is 105 Å². The van der Waals surface area contributed by atoms with Crippen LogP contribution in [0.5, 0.6) is 0 Å². The summed E-state index contributed by atoms with van der Waals surface area (Å²) in [6, 6.07) is 8.24. The smallest absolute Gasteiger partial charge is 0.420 e. The number of alkyl halides is 3. The molecule has 2 heterocycles. The Balaban J connectivity index is 2.03. The molecule has 0 radical (unpaired) electrons. The third-order valence-corrected chi connectivity index (χ3v) is 3.91. The van der Waals surface area contributed by atoms with Gasteiger partial charge in [0.2, 0.25) is 0 Å². The first kappa shape index (κ1) is 20.3. The van der Waals surface area contributed by atoms with Crippen LogP contribution >= 0.6 is 0 Å². The molecule has 0 bridgehead atoms. The lowest BCUT2D eigenvalue weighted by Crippen LogP contribution is -2.11. The molecular weight excluding hydrogens is 392 g/mol. The van der Waals surface area contributed by atoms with Gasteiger partial charge in [0.1, 0.15) is 23.6 Å². The largest absolute Gasteiger partial charge is 0.433 e. The van der Waals surface area contributed by atoms with Crippen LogP contribution in [0.25, 0.3) is 11.5 Å². The van der Waals surface area contributed by atoms with E-state index >= 15 is 0 Å². The number of hydrogen-bond donors (Lipinski definition) is 2. The summed E-state index contributed by atoms with van der Waals surface area (Å²) >= 11 is 0. The molecule has 0 amide bonds. The van der Waals surface area contributed by atoms with Crippen molar-refractivity contribution in [3.63, 3.8) is 0 Å². The summed E-state index contributed by atoms with van der Waals surface area (Å²) in [7, 11) is 0. The van der Waals surface area contributed by atoms with E-state index in [1.165, 1.54) is 23.1 Å². The van der Waals surface area contributed by atoms with Crippen LogP contribution in [0.2, 0.25) is 0 Å². The molecule has 0 fully saturated rings. The molecule has 3 rings (SSSR count). The van der Waals surface area contributed by atoms with Gasteiger partial charge in [-0.1, -0.05) is 18.2 Å². The maximum absolute atomic E-state index is 14.0. The number of nitrogens with two attached hydrogens (primary N) is 2. The van der Waals surface area contributed by atoms with Crippen LogP contribution in [0.15, 0.2) is 48.7 Å². The molecule has 1 aromatic carbocycles. The zero-order valence-corrected chi connectivity index (χ0v) is 14.9. The molecule has 2 aromatic heterocycles. The van der Waals surface area contributed by atoms with Crippen LogP contribution in [0.3, 0.4) is 0 Å². The van der Waals surface area contributed by atoms with E-state index in [1.54, 1.807) is 24.3 Å². The van der Waals surface area contributed by atoms with Crippen molar-refractivity contribution in [3.8, 4) is 11.5 Å². The predicted octanol–water partition coefficient (Wildman–Crippen LogP) is 3.08. The van der Waals surface area contributed by atoms with Gasteiger partial charge >= 0.3 is 6.18 Å². The van der Waals surface area contributed by atoms with E-state index in [2.05, 4.69) is 19.9 Å². The van der Waals surface area contributed by atoms with Gasteiger partial charge in [0.15, 0.2) is 11.5 Å². The zero-order chi connectivity index (χ0) is 21.0. The Kier molecular flexibility index (Phi) is 5.78. The van der Waals surface area contributed by atoms with Crippen LogP contribution in [0.4, 0.5) is 23.4 Å². The first-order chi connectivity index (χ1) is 13.8. The Morgan fingerprint density at radius 1 is 1.14 bits per heavy atom. The van der Waals surface area contributed by atoms with Crippen LogP contribution in [-0.4, -0.2) is 19.7 Å². The van der Waals surface area contributed by atoms with E-state index in [0.717, 1.165) is 0 Å². The highest BCUT2D eigenvalue weighted by Crippen LogP contribution is 2.30. The predicted molar refractivity (Wildman–Crippen MR) is 96.3 cm³/mol. The molecule has 152 valence electrons. The lowest BCUT2D eigenvalue weighted by molar-refractivity contribution is -0.141. The molecular formula is C18H16F4N6O. The highest BCUT2D eigenvalue weighted by molar-refractivity contribution is 5.53. The summed E-state index contributed by atoms with van der Waals surface area (Å²) in [5.74, 6) is 3.88. The van der Waals surface area contributed by atoms with Crippen molar-refractivity contribution in [1.82, 2.24) is 19.7 Å². The average Bonchev–Trinajstić information content (AvgIpc) is 3.05. The van der Waals surface area contributed by atoms with Crippen molar-refractivity contribution in [2.24, 2.45) is 5.90 Å². The summed E-state index contributed by atoms with van der Waals surface area (Å²) in [6.45, 7) is 0.0494. The van der Waals surface area contributed by atoms with Crippen molar-refractivity contribution in [1.29, 1.82) is 0 Å². The summed E-state index contributed by atoms with van der Waals surface area (Å²) in [4.78, 5) is 11.7. The molecule has 0 aliphatic heterocycles. The van der Waals surface area contributed by atoms with E-state index in [0.29, 0.717) is 17.3 Å². The van der Waals surface area contributed by atoms with Crippen molar-refractivity contribution in [3.05, 3.63) is 71.5 Å². The molecule has 0 unspecified atom stereocenters. The van der Waals surface area contributed by atoms with Crippen molar-refractivity contribution in [2.75, 3.05) is 5.73 Å². The van der Waals surface area contributed by atoms with Gasteiger partial charge in [-0.25, -0.2) is 14.4 Å². The Bertz CT molecular complexity index is 1030. The number of nitrogen functional groups attached to an aromatic ring is 1. The van der Waals surface area contributed by atoms with Crippen LogP contribution in [0.1, 0.15) is 17.0 Å². The molecule has 0 aliphatic rings. The maximum atomic E-state index is 14.0. The first-order valence-corrected chi connectivity index (χ1v) is 8.30. The molecule has 0 atom stereocenters. The zero-order valence-electron chi connectivity index (χ0n) is 14.9. The number of anilines is 1. The minimum absolute atomic E-state index is 0.0494. The van der Waals surface area contributed by atoms with Crippen LogP contribution in [-0.2, 0) is 24.0 Å². The molecule has 7 nitrogen and oxygen atoms in total. The number of benzene rings is 1. The van der Waals surface area contributed by atoms with Gasteiger partial charge in [-0.2, -0.15) is 24.2 Å². The fraction of sp³-hybridized carbons (Fsp3) is 0.167. The maximum Gasteiger partial charge on any atom is 0.433 e. The standard InChI is InChI=1S/C18H16F4N6O/c19-13-6-2-1-4-11(13)10-28-12(5-3-7-29-24)8-14(27-28)17-25-15(18(20,21)22)9-16(23)26-17/h1-4,6-9H,5,10,24H2,(H2,23,25,26)/b7-3-. The van der Waals surface area contributed by atoms with Crippen molar-refractivity contribution in [2.45, 2.75) is 19.1 Å². The molecule has 0 aliphatic carbocycles. The van der Waals surface area contributed by atoms with E-state index in [4.69, 9.17) is 11.6 Å². The van der Waals surface area contributed by atoms with Gasteiger partial charge in [0.25, 0.3) is 0 Å². The third kappa shape index (κ3) is 4.88. The highest BCUT2D eigenvalue weighted by atomic mass is 19.4. The number of hydrogen-bond acceptors (Lipinski definition) is 6. The summed E-state index contributed by atoms with van der Waals surface area (Å²) in [6.07, 6.45) is -1.61. The molecule has 0 saturated carbocycles. The lowest BCUT2D eigenvalue weighted by Gasteiger charge is -2.08. The molecule has 4 N–H and O–H groups in total. The lowest BCUT2D eigenvalue weighted by atomic mass is 10.2. The normalized spacial score (nSPS) is 11.9. The average molecular weight is 408 g/mol.